The predicted molar refractivity (Wildman–Crippen MR) is 73.9 cm³/mol. The van der Waals surface area contributed by atoms with E-state index < -0.39 is 29.2 Å². The molecule has 114 valence electrons. The summed E-state index contributed by atoms with van der Waals surface area (Å²) in [5.74, 6) is -5.42. The first-order valence-electron chi connectivity index (χ1n) is 6.16. The summed E-state index contributed by atoms with van der Waals surface area (Å²) in [6.07, 6.45) is 0. The van der Waals surface area contributed by atoms with Gasteiger partial charge in [0.2, 0.25) is 5.82 Å². The monoisotopic (exact) mass is 308 g/mol. The van der Waals surface area contributed by atoms with Gasteiger partial charge in [-0.15, -0.1) is 0 Å². The third-order valence-corrected chi connectivity index (χ3v) is 2.85. The zero-order valence-corrected chi connectivity index (χ0v) is 11.5. The molecule has 0 amide bonds. The average molecular weight is 308 g/mol. The van der Waals surface area contributed by atoms with Crippen LogP contribution in [0.4, 0.5) is 13.2 Å². The van der Waals surface area contributed by atoms with Crippen LogP contribution in [0.1, 0.15) is 6.92 Å². The van der Waals surface area contributed by atoms with E-state index in [4.69, 9.17) is 9.84 Å². The highest BCUT2D eigenvalue weighted by molar-refractivity contribution is 5.88. The Hall–Kier alpha value is -2.76. The second-order valence-corrected chi connectivity index (χ2v) is 4.57. The zero-order valence-electron chi connectivity index (χ0n) is 11.5. The lowest BCUT2D eigenvalue weighted by Crippen LogP contribution is -2.08. The molecule has 0 saturated carbocycles. The topological polar surface area (TPSA) is 46.5 Å². The van der Waals surface area contributed by atoms with Gasteiger partial charge in [-0.3, -0.25) is 0 Å². The minimum absolute atomic E-state index is 0.0890. The molecule has 0 atom stereocenters. The Kier molecular flexibility index (Phi) is 4.21. The van der Waals surface area contributed by atoms with E-state index in [1.807, 2.05) is 0 Å². The van der Waals surface area contributed by atoms with E-state index in [0.717, 1.165) is 24.3 Å². The molecule has 2 aromatic rings. The Labute approximate surface area is 124 Å². The molecular weight excluding hydrogens is 297 g/mol. The zero-order chi connectivity index (χ0) is 16.4. The molecule has 0 aliphatic carbocycles. The van der Waals surface area contributed by atoms with Crippen LogP contribution in [-0.2, 0) is 4.79 Å². The molecular formula is C16H11F3O3. The van der Waals surface area contributed by atoms with Gasteiger partial charge < -0.3 is 9.84 Å². The maximum Gasteiger partial charge on any atom is 0.338 e. The Morgan fingerprint density at radius 1 is 1.09 bits per heavy atom. The molecule has 0 heterocycles. The van der Waals surface area contributed by atoms with Gasteiger partial charge in [0.05, 0.1) is 0 Å². The smallest absolute Gasteiger partial charge is 0.338 e. The van der Waals surface area contributed by atoms with E-state index in [9.17, 15) is 18.0 Å². The van der Waals surface area contributed by atoms with Gasteiger partial charge in [-0.05, 0) is 31.2 Å². The average Bonchev–Trinajstić information content (AvgIpc) is 2.46. The highest BCUT2D eigenvalue weighted by atomic mass is 19.2. The number of carbonyl (C=O) groups excluding carboxylic acids is 1. The lowest BCUT2D eigenvalue weighted by Gasteiger charge is -2.09. The van der Waals surface area contributed by atoms with Gasteiger partial charge in [-0.1, -0.05) is 6.58 Å². The number of hydrogen-bond donors (Lipinski definition) is 1. The first-order chi connectivity index (χ1) is 10.3. The Morgan fingerprint density at radius 2 is 1.73 bits per heavy atom. The number of benzene rings is 2. The minimum atomic E-state index is -1.46. The Morgan fingerprint density at radius 3 is 2.32 bits per heavy atom. The number of esters is 1. The predicted octanol–water partition coefficient (Wildman–Crippen LogP) is 3.96. The van der Waals surface area contributed by atoms with Crippen LogP contribution in [0.25, 0.3) is 11.1 Å². The molecule has 3 nitrogen and oxygen atoms in total. The first-order valence-corrected chi connectivity index (χ1v) is 6.16. The van der Waals surface area contributed by atoms with Crippen molar-refractivity contribution in [2.75, 3.05) is 0 Å². The van der Waals surface area contributed by atoms with Crippen LogP contribution >= 0.6 is 0 Å². The third-order valence-electron chi connectivity index (χ3n) is 2.85. The fourth-order valence-electron chi connectivity index (χ4n) is 1.72. The Bertz CT molecular complexity index is 769. The van der Waals surface area contributed by atoms with Crippen molar-refractivity contribution in [2.24, 2.45) is 0 Å². The van der Waals surface area contributed by atoms with Crippen LogP contribution in [0.15, 0.2) is 42.5 Å². The van der Waals surface area contributed by atoms with Gasteiger partial charge in [0.25, 0.3) is 0 Å². The number of rotatable bonds is 3. The maximum absolute atomic E-state index is 14.0. The molecule has 2 aromatic carbocycles. The van der Waals surface area contributed by atoms with Crippen LogP contribution in [0.2, 0.25) is 0 Å². The van der Waals surface area contributed by atoms with Crippen LogP contribution in [-0.4, -0.2) is 11.1 Å². The molecule has 0 aliphatic heterocycles. The van der Waals surface area contributed by atoms with Gasteiger partial charge >= 0.3 is 5.97 Å². The summed E-state index contributed by atoms with van der Waals surface area (Å²) in [6.45, 7) is 4.82. The van der Waals surface area contributed by atoms with Crippen LogP contribution < -0.4 is 4.74 Å². The maximum atomic E-state index is 14.0. The largest absolute Gasteiger partial charge is 0.505 e. The van der Waals surface area contributed by atoms with Crippen molar-refractivity contribution in [1.29, 1.82) is 0 Å². The van der Waals surface area contributed by atoms with Crippen molar-refractivity contribution in [3.05, 3.63) is 59.9 Å². The van der Waals surface area contributed by atoms with Gasteiger partial charge in [-0.2, -0.15) is 4.39 Å². The molecule has 6 heteroatoms. The van der Waals surface area contributed by atoms with Gasteiger partial charge in [0.15, 0.2) is 11.6 Å². The molecule has 2 rings (SSSR count). The quantitative estimate of drug-likeness (QED) is 0.530. The highest BCUT2D eigenvalue weighted by Crippen LogP contribution is 2.32. The lowest BCUT2D eigenvalue weighted by molar-refractivity contribution is -0.130. The fourth-order valence-corrected chi connectivity index (χ4v) is 1.72. The molecule has 0 unspecified atom stereocenters. The van der Waals surface area contributed by atoms with Gasteiger partial charge in [-0.25, -0.2) is 13.6 Å². The third kappa shape index (κ3) is 2.95. The molecule has 0 radical (unpaired) electrons. The summed E-state index contributed by atoms with van der Waals surface area (Å²) in [6, 6.07) is 5.23. The SMILES string of the molecule is C=C(C)C(=O)Oc1ccc(-c2ccc(O)c(F)c2F)c(F)c1. The second kappa shape index (κ2) is 5.93. The summed E-state index contributed by atoms with van der Waals surface area (Å²) < 4.78 is 45.9. The summed E-state index contributed by atoms with van der Waals surface area (Å²) in [5, 5.41) is 9.06. The molecule has 0 saturated heterocycles. The lowest BCUT2D eigenvalue weighted by atomic mass is 10.0. The standard InChI is InChI=1S/C16H11F3O3/c1-8(2)16(21)22-9-3-4-10(12(17)7-9)11-5-6-13(20)15(19)14(11)18/h3-7,20H,1H2,2H3. The first kappa shape index (κ1) is 15.6. The van der Waals surface area contributed by atoms with Gasteiger partial charge in [0.1, 0.15) is 11.6 Å². The Balaban J connectivity index is 2.41. The minimum Gasteiger partial charge on any atom is -0.505 e. The molecule has 0 fully saturated rings. The van der Waals surface area contributed by atoms with Crippen molar-refractivity contribution in [3.8, 4) is 22.6 Å². The van der Waals surface area contributed by atoms with Crippen LogP contribution in [0.5, 0.6) is 11.5 Å². The summed E-state index contributed by atoms with van der Waals surface area (Å²) in [7, 11) is 0. The number of phenolic OH excluding ortho intramolecular Hbond substituents is 1. The molecule has 0 aliphatic rings. The number of ether oxygens (including phenoxy) is 1. The molecule has 0 bridgehead atoms. The van der Waals surface area contributed by atoms with E-state index in [1.165, 1.54) is 13.0 Å². The van der Waals surface area contributed by atoms with Crippen LogP contribution in [0, 0.1) is 17.5 Å². The normalized spacial score (nSPS) is 10.4. The summed E-state index contributed by atoms with van der Waals surface area (Å²) >= 11 is 0. The van der Waals surface area contributed by atoms with Crippen molar-refractivity contribution >= 4 is 5.97 Å². The van der Waals surface area contributed by atoms with E-state index in [0.29, 0.717) is 0 Å². The van der Waals surface area contributed by atoms with E-state index >= 15 is 0 Å². The number of phenols is 1. The van der Waals surface area contributed by atoms with Crippen molar-refractivity contribution in [2.45, 2.75) is 6.92 Å². The number of aromatic hydroxyl groups is 1. The van der Waals surface area contributed by atoms with E-state index in [-0.39, 0.29) is 22.4 Å². The van der Waals surface area contributed by atoms with Gasteiger partial charge in [0, 0.05) is 22.8 Å². The van der Waals surface area contributed by atoms with Crippen LogP contribution in [0.3, 0.4) is 0 Å². The highest BCUT2D eigenvalue weighted by Gasteiger charge is 2.17. The number of halogens is 3. The fraction of sp³-hybridized carbons (Fsp3) is 0.0625. The van der Waals surface area contributed by atoms with Crippen molar-refractivity contribution < 1.29 is 27.8 Å². The van der Waals surface area contributed by atoms with E-state index in [1.54, 1.807) is 0 Å². The molecule has 1 N–H and O–H groups in total. The molecule has 0 aromatic heterocycles. The van der Waals surface area contributed by atoms with Crippen molar-refractivity contribution in [1.82, 2.24) is 0 Å². The second-order valence-electron chi connectivity index (χ2n) is 4.57. The summed E-state index contributed by atoms with van der Waals surface area (Å²) in [5.41, 5.74) is -0.451. The summed E-state index contributed by atoms with van der Waals surface area (Å²) in [4.78, 5) is 11.3. The number of hydrogen-bond acceptors (Lipinski definition) is 3. The molecule has 22 heavy (non-hydrogen) atoms. The van der Waals surface area contributed by atoms with Crippen molar-refractivity contribution in [3.63, 3.8) is 0 Å². The van der Waals surface area contributed by atoms with E-state index in [2.05, 4.69) is 6.58 Å². The molecule has 0 spiro atoms. The number of carbonyl (C=O) groups is 1.